The van der Waals surface area contributed by atoms with Crippen LogP contribution in [-0.2, 0) is 4.74 Å². The molecule has 2 heterocycles. The van der Waals surface area contributed by atoms with E-state index in [-0.39, 0.29) is 5.82 Å². The fourth-order valence-corrected chi connectivity index (χ4v) is 2.08. The van der Waals surface area contributed by atoms with Crippen molar-refractivity contribution in [3.63, 3.8) is 0 Å². The molecule has 0 aromatic carbocycles. The molecule has 1 aromatic rings. The molecule has 4 atom stereocenters. The van der Waals surface area contributed by atoms with Gasteiger partial charge >= 0.3 is 5.69 Å². The van der Waals surface area contributed by atoms with Crippen LogP contribution in [0.5, 0.6) is 0 Å². The van der Waals surface area contributed by atoms with Crippen LogP contribution in [0.3, 0.4) is 0 Å². The van der Waals surface area contributed by atoms with Gasteiger partial charge < -0.3 is 20.7 Å². The molecule has 1 fully saturated rings. The first-order valence-electron chi connectivity index (χ1n) is 5.98. The van der Waals surface area contributed by atoms with Gasteiger partial charge in [0.2, 0.25) is 5.67 Å². The number of nitrogen functional groups attached to an aromatic ring is 1. The summed E-state index contributed by atoms with van der Waals surface area (Å²) in [5, 5.41) is 18.9. The molecule has 0 saturated carbocycles. The second-order valence-electron chi connectivity index (χ2n) is 4.40. The number of halogens is 2. The van der Waals surface area contributed by atoms with E-state index in [0.29, 0.717) is 0 Å². The number of anilines is 1. The van der Waals surface area contributed by atoms with Crippen molar-refractivity contribution in [2.75, 3.05) is 19.0 Å². The lowest BCUT2D eigenvalue weighted by Crippen LogP contribution is -2.44. The van der Waals surface area contributed by atoms with E-state index < -0.39 is 43.1 Å². The van der Waals surface area contributed by atoms with Crippen molar-refractivity contribution < 1.29 is 23.7 Å². The number of nitrogens with two attached hydrogens (primary N) is 1. The SMILES string of the molecule is Nc1ccn([C@@H]2O[C@H](CO)[C@H](O)C2(F)C#CCF)c(=O)n1. The summed E-state index contributed by atoms with van der Waals surface area (Å²) in [5.74, 6) is 3.70. The Morgan fingerprint density at radius 3 is 2.90 bits per heavy atom. The van der Waals surface area contributed by atoms with Crippen LogP contribution in [-0.4, -0.2) is 50.9 Å². The molecule has 114 valence electrons. The first-order valence-corrected chi connectivity index (χ1v) is 5.98. The molecule has 0 bridgehead atoms. The fraction of sp³-hybridized carbons (Fsp3) is 0.500. The van der Waals surface area contributed by atoms with Crippen molar-refractivity contribution in [1.82, 2.24) is 9.55 Å². The highest BCUT2D eigenvalue weighted by Crippen LogP contribution is 2.40. The minimum Gasteiger partial charge on any atom is -0.394 e. The summed E-state index contributed by atoms with van der Waals surface area (Å²) < 4.78 is 33.0. The molecular weight excluding hydrogens is 288 g/mol. The fourth-order valence-electron chi connectivity index (χ4n) is 2.08. The van der Waals surface area contributed by atoms with Crippen LogP contribution in [0, 0.1) is 11.8 Å². The number of hydrogen-bond donors (Lipinski definition) is 3. The molecular formula is C12H13F2N3O4. The van der Waals surface area contributed by atoms with Crippen LogP contribution in [0.4, 0.5) is 14.6 Å². The summed E-state index contributed by atoms with van der Waals surface area (Å²) in [4.78, 5) is 15.2. The molecule has 1 aliphatic heterocycles. The summed E-state index contributed by atoms with van der Waals surface area (Å²) >= 11 is 0. The monoisotopic (exact) mass is 301 g/mol. The molecule has 2 rings (SSSR count). The Morgan fingerprint density at radius 1 is 1.62 bits per heavy atom. The third-order valence-electron chi connectivity index (χ3n) is 3.08. The van der Waals surface area contributed by atoms with E-state index in [1.165, 1.54) is 6.07 Å². The van der Waals surface area contributed by atoms with Gasteiger partial charge in [-0.25, -0.2) is 13.6 Å². The highest BCUT2D eigenvalue weighted by atomic mass is 19.1. The van der Waals surface area contributed by atoms with Gasteiger partial charge in [-0.05, 0) is 6.07 Å². The molecule has 0 aliphatic carbocycles. The summed E-state index contributed by atoms with van der Waals surface area (Å²) in [7, 11) is 0. The maximum absolute atomic E-state index is 14.9. The smallest absolute Gasteiger partial charge is 0.351 e. The van der Waals surface area contributed by atoms with Crippen LogP contribution < -0.4 is 11.4 Å². The van der Waals surface area contributed by atoms with E-state index in [9.17, 15) is 18.7 Å². The lowest BCUT2D eigenvalue weighted by atomic mass is 9.96. The highest BCUT2D eigenvalue weighted by Gasteiger charge is 2.57. The van der Waals surface area contributed by atoms with E-state index in [1.807, 2.05) is 11.8 Å². The maximum Gasteiger partial charge on any atom is 0.351 e. The van der Waals surface area contributed by atoms with Crippen molar-refractivity contribution in [2.24, 2.45) is 0 Å². The first kappa shape index (κ1) is 15.4. The Bertz CT molecular complexity index is 641. The van der Waals surface area contributed by atoms with E-state index in [4.69, 9.17) is 15.6 Å². The molecule has 9 heteroatoms. The van der Waals surface area contributed by atoms with Crippen LogP contribution in [0.2, 0.25) is 0 Å². The Hall–Kier alpha value is -2.02. The first-order chi connectivity index (χ1) is 9.93. The molecule has 1 aliphatic rings. The van der Waals surface area contributed by atoms with Gasteiger partial charge in [-0.15, -0.1) is 0 Å². The van der Waals surface area contributed by atoms with E-state index >= 15 is 0 Å². The topological polar surface area (TPSA) is 111 Å². The molecule has 1 saturated heterocycles. The number of rotatable bonds is 2. The van der Waals surface area contributed by atoms with Crippen LogP contribution in [0.15, 0.2) is 17.1 Å². The molecule has 1 aromatic heterocycles. The zero-order chi connectivity index (χ0) is 15.6. The molecule has 1 unspecified atom stereocenters. The quantitative estimate of drug-likeness (QED) is 0.589. The third kappa shape index (κ3) is 2.61. The van der Waals surface area contributed by atoms with Crippen LogP contribution in [0.25, 0.3) is 0 Å². The van der Waals surface area contributed by atoms with Gasteiger partial charge in [0.15, 0.2) is 6.23 Å². The van der Waals surface area contributed by atoms with Gasteiger partial charge in [0.1, 0.15) is 24.7 Å². The van der Waals surface area contributed by atoms with Crippen LogP contribution in [0.1, 0.15) is 6.23 Å². The van der Waals surface area contributed by atoms with E-state index in [1.54, 1.807) is 0 Å². The van der Waals surface area contributed by atoms with Gasteiger partial charge in [-0.2, -0.15) is 4.98 Å². The van der Waals surface area contributed by atoms with Crippen molar-refractivity contribution in [3.05, 3.63) is 22.7 Å². The van der Waals surface area contributed by atoms with Crippen molar-refractivity contribution in [3.8, 4) is 11.8 Å². The van der Waals surface area contributed by atoms with Crippen LogP contribution >= 0.6 is 0 Å². The van der Waals surface area contributed by atoms with Crippen molar-refractivity contribution in [2.45, 2.75) is 24.1 Å². The largest absolute Gasteiger partial charge is 0.394 e. The Labute approximate surface area is 118 Å². The molecule has 4 N–H and O–H groups in total. The number of alkyl halides is 2. The summed E-state index contributed by atoms with van der Waals surface area (Å²) in [6.45, 7) is -1.83. The third-order valence-corrected chi connectivity index (χ3v) is 3.08. The number of aromatic nitrogens is 2. The molecule has 0 spiro atoms. The predicted octanol–water partition coefficient (Wildman–Crippen LogP) is -1.24. The number of aliphatic hydroxyl groups excluding tert-OH is 2. The van der Waals surface area contributed by atoms with Gasteiger partial charge in [-0.1, -0.05) is 11.8 Å². The minimum absolute atomic E-state index is 0.0761. The molecule has 0 amide bonds. The lowest BCUT2D eigenvalue weighted by Gasteiger charge is -2.23. The average molecular weight is 301 g/mol. The number of aliphatic hydroxyl groups is 2. The Morgan fingerprint density at radius 2 is 2.33 bits per heavy atom. The zero-order valence-electron chi connectivity index (χ0n) is 10.7. The Balaban J connectivity index is 2.51. The summed E-state index contributed by atoms with van der Waals surface area (Å²) in [6.07, 6.45) is -3.72. The maximum atomic E-state index is 14.9. The molecule has 7 nitrogen and oxygen atoms in total. The molecule has 21 heavy (non-hydrogen) atoms. The van der Waals surface area contributed by atoms with E-state index in [0.717, 1.165) is 10.8 Å². The second-order valence-corrected chi connectivity index (χ2v) is 4.40. The van der Waals surface area contributed by atoms with Crippen molar-refractivity contribution >= 4 is 5.82 Å². The van der Waals surface area contributed by atoms with Gasteiger partial charge in [0.25, 0.3) is 0 Å². The van der Waals surface area contributed by atoms with Gasteiger partial charge in [0.05, 0.1) is 6.61 Å². The summed E-state index contributed by atoms with van der Waals surface area (Å²) in [6, 6.07) is 1.23. The average Bonchev–Trinajstić information content (AvgIpc) is 2.70. The van der Waals surface area contributed by atoms with E-state index in [2.05, 4.69) is 4.98 Å². The number of hydrogen-bond acceptors (Lipinski definition) is 6. The zero-order valence-corrected chi connectivity index (χ0v) is 10.7. The van der Waals surface area contributed by atoms with Crippen molar-refractivity contribution in [1.29, 1.82) is 0 Å². The minimum atomic E-state index is -2.76. The predicted molar refractivity (Wildman–Crippen MR) is 67.5 cm³/mol. The summed E-state index contributed by atoms with van der Waals surface area (Å²) in [5.41, 5.74) is 1.64. The highest BCUT2D eigenvalue weighted by molar-refractivity contribution is 5.26. The number of nitrogens with zero attached hydrogens (tertiary/aromatic N) is 2. The standard InChI is InChI=1S/C12H13F2N3O4/c13-4-1-3-12(14)9(19)7(6-18)21-10(12)17-5-2-8(15)16-11(17)20/h2,5,7,9-10,18-19H,4,6H2,(H2,15,16,20)/t7-,9+,10-,12?/m1/s1. The Kier molecular flexibility index (Phi) is 4.22. The number of ether oxygens (including phenoxy) is 1. The normalized spacial score (nSPS) is 31.7. The molecule has 0 radical (unpaired) electrons. The van der Waals surface area contributed by atoms with Gasteiger partial charge in [-0.3, -0.25) is 4.57 Å². The lowest BCUT2D eigenvalue weighted by molar-refractivity contribution is -0.0542. The second kappa shape index (κ2) is 5.77. The van der Waals surface area contributed by atoms with Gasteiger partial charge in [0, 0.05) is 6.20 Å².